The van der Waals surface area contributed by atoms with Gasteiger partial charge in [0.15, 0.2) is 0 Å². The molecule has 2 aromatic rings. The summed E-state index contributed by atoms with van der Waals surface area (Å²) in [6.45, 7) is 3.98. The number of aliphatic imine (C=N–C) groups is 1. The molecule has 23 heavy (non-hydrogen) atoms. The van der Waals surface area contributed by atoms with Crippen molar-refractivity contribution in [3.05, 3.63) is 63.6 Å². The molecule has 1 heterocycles. The predicted molar refractivity (Wildman–Crippen MR) is 101 cm³/mol. The first-order chi connectivity index (χ1) is 11.2. The van der Waals surface area contributed by atoms with E-state index in [1.165, 1.54) is 5.56 Å². The van der Waals surface area contributed by atoms with Crippen molar-refractivity contribution in [1.29, 1.82) is 0 Å². The molecule has 0 amide bonds. The molecule has 1 fully saturated rings. The molecule has 0 saturated carbocycles. The van der Waals surface area contributed by atoms with Crippen LogP contribution < -0.4 is 5.32 Å². The van der Waals surface area contributed by atoms with Crippen LogP contribution in [-0.4, -0.2) is 36.9 Å². The molecule has 120 valence electrons. The van der Waals surface area contributed by atoms with Crippen LogP contribution in [-0.2, 0) is 6.42 Å². The SMILES string of the molecule is Clc1ccc(CC(=Nc2ccc(Br)cc2)N2CCNCC2)cc1. The van der Waals surface area contributed by atoms with Gasteiger partial charge >= 0.3 is 0 Å². The first kappa shape index (κ1) is 16.5. The number of halogens is 2. The molecule has 3 nitrogen and oxygen atoms in total. The van der Waals surface area contributed by atoms with Crippen molar-refractivity contribution in [3.63, 3.8) is 0 Å². The monoisotopic (exact) mass is 391 g/mol. The average Bonchev–Trinajstić information content (AvgIpc) is 2.59. The molecule has 1 aliphatic rings. The molecule has 3 rings (SSSR count). The highest BCUT2D eigenvalue weighted by molar-refractivity contribution is 9.10. The summed E-state index contributed by atoms with van der Waals surface area (Å²) >= 11 is 9.46. The van der Waals surface area contributed by atoms with Crippen LogP contribution in [0.3, 0.4) is 0 Å². The lowest BCUT2D eigenvalue weighted by Gasteiger charge is -2.30. The summed E-state index contributed by atoms with van der Waals surface area (Å²) in [7, 11) is 0. The quantitative estimate of drug-likeness (QED) is 0.623. The Labute approximate surface area is 150 Å². The van der Waals surface area contributed by atoms with Crippen LogP contribution in [0.25, 0.3) is 0 Å². The Balaban J connectivity index is 1.86. The van der Waals surface area contributed by atoms with Crippen LogP contribution in [0.2, 0.25) is 5.02 Å². The van der Waals surface area contributed by atoms with Gasteiger partial charge in [-0.15, -0.1) is 0 Å². The third-order valence-electron chi connectivity index (χ3n) is 3.84. The van der Waals surface area contributed by atoms with E-state index in [0.717, 1.165) is 53.6 Å². The van der Waals surface area contributed by atoms with E-state index in [1.54, 1.807) is 0 Å². The van der Waals surface area contributed by atoms with Crippen molar-refractivity contribution in [2.45, 2.75) is 6.42 Å². The van der Waals surface area contributed by atoms with E-state index in [2.05, 4.69) is 38.3 Å². The van der Waals surface area contributed by atoms with Gasteiger partial charge < -0.3 is 10.2 Å². The van der Waals surface area contributed by atoms with Crippen molar-refractivity contribution in [2.24, 2.45) is 4.99 Å². The van der Waals surface area contributed by atoms with Crippen molar-refractivity contribution >= 4 is 39.1 Å². The third kappa shape index (κ3) is 4.80. The minimum Gasteiger partial charge on any atom is -0.357 e. The molecule has 0 aliphatic carbocycles. The smallest absolute Gasteiger partial charge is 0.109 e. The molecule has 0 radical (unpaired) electrons. The Kier molecular flexibility index (Phi) is 5.70. The van der Waals surface area contributed by atoms with E-state index >= 15 is 0 Å². The minimum atomic E-state index is 0.766. The summed E-state index contributed by atoms with van der Waals surface area (Å²) in [6.07, 6.45) is 0.813. The molecule has 0 unspecified atom stereocenters. The molecule has 2 aromatic carbocycles. The van der Waals surface area contributed by atoms with Crippen molar-refractivity contribution < 1.29 is 0 Å². The largest absolute Gasteiger partial charge is 0.357 e. The van der Waals surface area contributed by atoms with Crippen molar-refractivity contribution in [1.82, 2.24) is 10.2 Å². The maximum Gasteiger partial charge on any atom is 0.109 e. The molecule has 0 atom stereocenters. The standard InChI is InChI=1S/C18H19BrClN3/c19-15-3-7-17(8-4-15)22-18(23-11-9-21-10-12-23)13-14-1-5-16(20)6-2-14/h1-8,21H,9-13H2. The Morgan fingerprint density at radius 1 is 1.04 bits per heavy atom. The summed E-state index contributed by atoms with van der Waals surface area (Å²) in [6, 6.07) is 16.1. The van der Waals surface area contributed by atoms with Crippen LogP contribution >= 0.6 is 27.5 Å². The van der Waals surface area contributed by atoms with Gasteiger partial charge in [-0.05, 0) is 42.0 Å². The summed E-state index contributed by atoms with van der Waals surface area (Å²) in [5.41, 5.74) is 2.21. The van der Waals surface area contributed by atoms with Crippen molar-refractivity contribution in [3.8, 4) is 0 Å². The summed E-state index contributed by atoms with van der Waals surface area (Å²) in [4.78, 5) is 7.27. The number of nitrogens with zero attached hydrogens (tertiary/aromatic N) is 2. The average molecular weight is 393 g/mol. The molecule has 0 aromatic heterocycles. The first-order valence-electron chi connectivity index (χ1n) is 7.74. The van der Waals surface area contributed by atoms with E-state index in [1.807, 2.05) is 36.4 Å². The number of rotatable bonds is 3. The number of piperazine rings is 1. The molecule has 0 bridgehead atoms. The van der Waals surface area contributed by atoms with Crippen LogP contribution in [0.5, 0.6) is 0 Å². The number of hydrogen-bond donors (Lipinski definition) is 1. The highest BCUT2D eigenvalue weighted by Crippen LogP contribution is 2.19. The second-order valence-electron chi connectivity index (χ2n) is 5.54. The normalized spacial score (nSPS) is 15.7. The van der Waals surface area contributed by atoms with Gasteiger partial charge in [-0.1, -0.05) is 39.7 Å². The van der Waals surface area contributed by atoms with Crippen LogP contribution in [0.15, 0.2) is 58.0 Å². The van der Waals surface area contributed by atoms with E-state index in [9.17, 15) is 0 Å². The Morgan fingerprint density at radius 3 is 2.35 bits per heavy atom. The van der Waals surface area contributed by atoms with E-state index < -0.39 is 0 Å². The zero-order valence-electron chi connectivity index (χ0n) is 12.8. The summed E-state index contributed by atoms with van der Waals surface area (Å²) in [5.74, 6) is 1.11. The number of hydrogen-bond acceptors (Lipinski definition) is 2. The van der Waals surface area contributed by atoms with Crippen LogP contribution in [0.1, 0.15) is 5.56 Å². The molecule has 1 saturated heterocycles. The van der Waals surface area contributed by atoms with Gasteiger partial charge in [0.1, 0.15) is 5.84 Å². The maximum atomic E-state index is 5.99. The van der Waals surface area contributed by atoms with E-state index in [4.69, 9.17) is 16.6 Å². The Hall–Kier alpha value is -1.36. The predicted octanol–water partition coefficient (Wildman–Crippen LogP) is 4.28. The second-order valence-corrected chi connectivity index (χ2v) is 6.90. The van der Waals surface area contributed by atoms with Gasteiger partial charge in [0.2, 0.25) is 0 Å². The fourth-order valence-corrected chi connectivity index (χ4v) is 2.98. The van der Waals surface area contributed by atoms with Gasteiger partial charge in [-0.2, -0.15) is 0 Å². The third-order valence-corrected chi connectivity index (χ3v) is 4.62. The van der Waals surface area contributed by atoms with Gasteiger partial charge in [0.25, 0.3) is 0 Å². The second kappa shape index (κ2) is 7.95. The maximum absolute atomic E-state index is 5.99. The molecule has 1 N–H and O–H groups in total. The Morgan fingerprint density at radius 2 is 1.70 bits per heavy atom. The first-order valence-corrected chi connectivity index (χ1v) is 8.91. The highest BCUT2D eigenvalue weighted by atomic mass is 79.9. The highest BCUT2D eigenvalue weighted by Gasteiger charge is 2.15. The van der Waals surface area contributed by atoms with Crippen LogP contribution in [0.4, 0.5) is 5.69 Å². The number of amidine groups is 1. The van der Waals surface area contributed by atoms with E-state index in [0.29, 0.717) is 0 Å². The fraction of sp³-hybridized carbons (Fsp3) is 0.278. The zero-order valence-corrected chi connectivity index (χ0v) is 15.1. The molecular formula is C18H19BrClN3. The number of nitrogens with one attached hydrogen (secondary N) is 1. The lowest BCUT2D eigenvalue weighted by atomic mass is 10.1. The van der Waals surface area contributed by atoms with Gasteiger partial charge in [0, 0.05) is 42.1 Å². The van der Waals surface area contributed by atoms with Gasteiger partial charge in [-0.3, -0.25) is 0 Å². The molecule has 0 spiro atoms. The summed E-state index contributed by atoms with van der Waals surface area (Å²) < 4.78 is 1.07. The van der Waals surface area contributed by atoms with Gasteiger partial charge in [0.05, 0.1) is 5.69 Å². The fourth-order valence-electron chi connectivity index (χ4n) is 2.59. The lowest BCUT2D eigenvalue weighted by molar-refractivity contribution is 0.353. The molecule has 5 heteroatoms. The Bertz CT molecular complexity index is 662. The van der Waals surface area contributed by atoms with Gasteiger partial charge in [-0.25, -0.2) is 4.99 Å². The number of benzene rings is 2. The lowest BCUT2D eigenvalue weighted by Crippen LogP contribution is -2.47. The zero-order chi connectivity index (χ0) is 16.1. The summed E-state index contributed by atoms with van der Waals surface area (Å²) in [5, 5.41) is 4.16. The topological polar surface area (TPSA) is 27.6 Å². The van der Waals surface area contributed by atoms with E-state index in [-0.39, 0.29) is 0 Å². The minimum absolute atomic E-state index is 0.766. The van der Waals surface area contributed by atoms with Crippen molar-refractivity contribution in [2.75, 3.05) is 26.2 Å². The molecular weight excluding hydrogens is 374 g/mol. The van der Waals surface area contributed by atoms with Crippen LogP contribution in [0, 0.1) is 0 Å². The molecule has 1 aliphatic heterocycles.